The third-order valence-corrected chi connectivity index (χ3v) is 2.03. The van der Waals surface area contributed by atoms with Gasteiger partial charge in [0, 0.05) is 12.0 Å². The molecule has 1 aromatic heterocycles. The molecule has 0 N–H and O–H groups in total. The van der Waals surface area contributed by atoms with Crippen molar-refractivity contribution >= 4 is 11.6 Å². The van der Waals surface area contributed by atoms with Crippen LogP contribution in [-0.2, 0) is 0 Å². The second-order valence-corrected chi connectivity index (χ2v) is 4.14. The summed E-state index contributed by atoms with van der Waals surface area (Å²) in [5.74, 6) is 0.538. The number of halogens is 4. The van der Waals surface area contributed by atoms with E-state index in [1.165, 1.54) is 6.07 Å². The number of aromatic nitrogens is 2. The highest BCUT2D eigenvalue weighted by Crippen LogP contribution is 2.21. The fourth-order valence-electron chi connectivity index (χ4n) is 1.02. The van der Waals surface area contributed by atoms with Crippen molar-refractivity contribution in [3.05, 3.63) is 17.0 Å². The van der Waals surface area contributed by atoms with Crippen molar-refractivity contribution in [1.82, 2.24) is 9.97 Å². The molecular weight excluding hydrogens is 257 g/mol. The van der Waals surface area contributed by atoms with Gasteiger partial charge in [-0.05, 0) is 0 Å². The van der Waals surface area contributed by atoms with Crippen LogP contribution in [0.3, 0.4) is 0 Å². The monoisotopic (exact) mass is 268 g/mol. The normalized spacial score (nSPS) is 11.9. The fraction of sp³-hybridized carbons (Fsp3) is 0.600. The minimum absolute atomic E-state index is 0.0265. The van der Waals surface area contributed by atoms with Gasteiger partial charge < -0.3 is 4.74 Å². The van der Waals surface area contributed by atoms with Gasteiger partial charge in [0.05, 0.1) is 13.0 Å². The Morgan fingerprint density at radius 3 is 2.53 bits per heavy atom. The van der Waals surface area contributed by atoms with Crippen LogP contribution in [0.5, 0.6) is 5.88 Å². The molecule has 1 heterocycles. The molecule has 0 aliphatic rings. The summed E-state index contributed by atoms with van der Waals surface area (Å²) in [5, 5.41) is 0.158. The summed E-state index contributed by atoms with van der Waals surface area (Å²) in [4.78, 5) is 7.91. The van der Waals surface area contributed by atoms with Crippen LogP contribution in [0.4, 0.5) is 13.2 Å². The zero-order valence-electron chi connectivity index (χ0n) is 9.38. The highest BCUT2D eigenvalue weighted by molar-refractivity contribution is 6.29. The molecule has 0 aliphatic heterocycles. The summed E-state index contributed by atoms with van der Waals surface area (Å²) in [6, 6.07) is 1.30. The van der Waals surface area contributed by atoms with Crippen LogP contribution in [0.25, 0.3) is 0 Å². The predicted molar refractivity (Wildman–Crippen MR) is 57.3 cm³/mol. The molecule has 0 unspecified atom stereocenters. The molecule has 0 atom stereocenters. The number of hydrogen-bond donors (Lipinski definition) is 0. The Labute approximate surface area is 102 Å². The lowest BCUT2D eigenvalue weighted by molar-refractivity contribution is -0.139. The molecule has 7 heteroatoms. The lowest BCUT2D eigenvalue weighted by atomic mass is 10.2. The summed E-state index contributed by atoms with van der Waals surface area (Å²) >= 11 is 5.71. The standard InChI is InChI=1S/C10H12ClF3N2O/c1-6(2)9-15-7(11)5-8(16-9)17-4-3-10(12,13)14/h5-6H,3-4H2,1-2H3. The van der Waals surface area contributed by atoms with Gasteiger partial charge >= 0.3 is 6.18 Å². The molecule has 0 spiro atoms. The van der Waals surface area contributed by atoms with Crippen molar-refractivity contribution in [2.75, 3.05) is 6.61 Å². The van der Waals surface area contributed by atoms with Gasteiger partial charge in [-0.2, -0.15) is 18.2 Å². The Kier molecular flexibility index (Phi) is 4.56. The van der Waals surface area contributed by atoms with Gasteiger partial charge in [0.2, 0.25) is 5.88 Å². The van der Waals surface area contributed by atoms with E-state index in [4.69, 9.17) is 16.3 Å². The first kappa shape index (κ1) is 14.0. The molecule has 0 amide bonds. The van der Waals surface area contributed by atoms with Crippen LogP contribution in [0, 0.1) is 0 Å². The molecule has 0 aromatic carbocycles. The van der Waals surface area contributed by atoms with Gasteiger partial charge in [0.25, 0.3) is 0 Å². The predicted octanol–water partition coefficient (Wildman–Crippen LogP) is 3.58. The number of rotatable bonds is 4. The van der Waals surface area contributed by atoms with Gasteiger partial charge in [-0.15, -0.1) is 0 Å². The van der Waals surface area contributed by atoms with E-state index in [2.05, 4.69) is 9.97 Å². The van der Waals surface area contributed by atoms with Gasteiger partial charge in [-0.1, -0.05) is 25.4 Å². The fourth-order valence-corrected chi connectivity index (χ4v) is 1.20. The largest absolute Gasteiger partial charge is 0.477 e. The molecule has 3 nitrogen and oxygen atoms in total. The van der Waals surface area contributed by atoms with E-state index in [0.29, 0.717) is 5.82 Å². The van der Waals surface area contributed by atoms with Crippen LogP contribution in [0.15, 0.2) is 6.07 Å². The molecule has 96 valence electrons. The Bertz CT molecular complexity index is 382. The molecule has 0 saturated carbocycles. The molecule has 0 saturated heterocycles. The summed E-state index contributed by atoms with van der Waals surface area (Å²) in [5.41, 5.74) is 0. The van der Waals surface area contributed by atoms with Gasteiger partial charge in [0.1, 0.15) is 11.0 Å². The number of nitrogens with zero attached hydrogens (tertiary/aromatic N) is 2. The topological polar surface area (TPSA) is 35.0 Å². The molecule has 0 radical (unpaired) electrons. The first-order valence-corrected chi connectivity index (χ1v) is 5.40. The zero-order chi connectivity index (χ0) is 13.1. The van der Waals surface area contributed by atoms with Crippen molar-refractivity contribution in [1.29, 1.82) is 0 Å². The third kappa shape index (κ3) is 5.21. The van der Waals surface area contributed by atoms with Crippen LogP contribution in [0.1, 0.15) is 32.0 Å². The minimum Gasteiger partial charge on any atom is -0.477 e. The van der Waals surface area contributed by atoms with E-state index in [-0.39, 0.29) is 17.0 Å². The van der Waals surface area contributed by atoms with Crippen molar-refractivity contribution < 1.29 is 17.9 Å². The second kappa shape index (κ2) is 5.53. The van der Waals surface area contributed by atoms with E-state index in [1.54, 1.807) is 0 Å². The second-order valence-electron chi connectivity index (χ2n) is 3.76. The molecule has 17 heavy (non-hydrogen) atoms. The molecule has 0 bridgehead atoms. The van der Waals surface area contributed by atoms with Gasteiger partial charge in [-0.3, -0.25) is 0 Å². The van der Waals surface area contributed by atoms with Crippen molar-refractivity contribution in [3.63, 3.8) is 0 Å². The van der Waals surface area contributed by atoms with E-state index >= 15 is 0 Å². The molecule has 0 aliphatic carbocycles. The summed E-state index contributed by atoms with van der Waals surface area (Å²) < 4.78 is 40.6. The van der Waals surface area contributed by atoms with Crippen molar-refractivity contribution in [2.45, 2.75) is 32.4 Å². The van der Waals surface area contributed by atoms with E-state index in [0.717, 1.165) is 0 Å². The molecular formula is C10H12ClF3N2O. The van der Waals surface area contributed by atoms with Crippen LogP contribution in [-0.4, -0.2) is 22.8 Å². The lowest BCUT2D eigenvalue weighted by Gasteiger charge is -2.10. The summed E-state index contributed by atoms with van der Waals surface area (Å²) in [7, 11) is 0. The maximum atomic E-state index is 11.9. The molecule has 0 fully saturated rings. The Balaban J connectivity index is 2.65. The summed E-state index contributed by atoms with van der Waals surface area (Å²) in [6.45, 7) is 3.23. The number of ether oxygens (including phenoxy) is 1. The van der Waals surface area contributed by atoms with E-state index < -0.39 is 19.2 Å². The molecule has 1 rings (SSSR count). The quantitative estimate of drug-likeness (QED) is 0.783. The highest BCUT2D eigenvalue weighted by atomic mass is 35.5. The smallest absolute Gasteiger partial charge is 0.392 e. The maximum absolute atomic E-state index is 11.9. The Hall–Kier alpha value is -1.04. The van der Waals surface area contributed by atoms with Crippen molar-refractivity contribution in [2.24, 2.45) is 0 Å². The van der Waals surface area contributed by atoms with Gasteiger partial charge in [-0.25, -0.2) is 4.98 Å². The third-order valence-electron chi connectivity index (χ3n) is 1.84. The van der Waals surface area contributed by atoms with E-state index in [1.807, 2.05) is 13.8 Å². The first-order valence-electron chi connectivity index (χ1n) is 5.02. The Morgan fingerprint density at radius 1 is 1.35 bits per heavy atom. The van der Waals surface area contributed by atoms with Crippen molar-refractivity contribution in [3.8, 4) is 5.88 Å². The number of alkyl halides is 3. The van der Waals surface area contributed by atoms with E-state index in [9.17, 15) is 13.2 Å². The van der Waals surface area contributed by atoms with Gasteiger partial charge in [0.15, 0.2) is 0 Å². The average Bonchev–Trinajstić information content (AvgIpc) is 2.14. The minimum atomic E-state index is -4.24. The zero-order valence-corrected chi connectivity index (χ0v) is 10.1. The highest BCUT2D eigenvalue weighted by Gasteiger charge is 2.27. The lowest BCUT2D eigenvalue weighted by Crippen LogP contribution is -2.13. The summed E-state index contributed by atoms with van der Waals surface area (Å²) in [6.07, 6.45) is -5.26. The maximum Gasteiger partial charge on any atom is 0.392 e. The Morgan fingerprint density at radius 2 is 2.00 bits per heavy atom. The average molecular weight is 269 g/mol. The SMILES string of the molecule is CC(C)c1nc(Cl)cc(OCCC(F)(F)F)n1. The number of hydrogen-bond acceptors (Lipinski definition) is 3. The van der Waals surface area contributed by atoms with Crippen LogP contribution < -0.4 is 4.74 Å². The van der Waals surface area contributed by atoms with Crippen LogP contribution >= 0.6 is 11.6 Å². The first-order chi connectivity index (χ1) is 7.78. The molecule has 1 aromatic rings. The van der Waals surface area contributed by atoms with Crippen LogP contribution in [0.2, 0.25) is 5.15 Å².